The van der Waals surface area contributed by atoms with E-state index in [2.05, 4.69) is 20.9 Å². The maximum absolute atomic E-state index is 14.2. The molecular weight excluding hydrogens is 375 g/mol. The molecule has 1 amide bonds. The highest BCUT2D eigenvalue weighted by Gasteiger charge is 2.32. The number of alkyl halides is 2. The number of fused-ring (bicyclic) bond motifs is 1. The maximum Gasteiger partial charge on any atom is 0.249 e. The molecule has 5 nitrogen and oxygen atoms in total. The first-order chi connectivity index (χ1) is 10.3. The topological polar surface area (TPSA) is 99.3 Å². The Morgan fingerprint density at radius 2 is 2.05 bits per heavy atom. The Labute approximate surface area is 136 Å². The van der Waals surface area contributed by atoms with Gasteiger partial charge in [0, 0.05) is 22.9 Å². The molecule has 1 saturated heterocycles. The summed E-state index contributed by atoms with van der Waals surface area (Å²) < 4.78 is 33.7. The molecule has 2 heterocycles. The summed E-state index contributed by atoms with van der Waals surface area (Å²) in [5.41, 5.74) is 6.27. The molecule has 0 bridgehead atoms. The zero-order chi connectivity index (χ0) is 16.1. The summed E-state index contributed by atoms with van der Waals surface area (Å²) in [7, 11) is -2.44. The molecule has 0 saturated carbocycles. The van der Waals surface area contributed by atoms with E-state index in [1.807, 2.05) is 0 Å². The number of rotatable bonds is 2. The molecule has 1 fully saturated rings. The summed E-state index contributed by atoms with van der Waals surface area (Å²) in [6.07, 6.45) is 3.39. The van der Waals surface area contributed by atoms with Crippen LogP contribution in [0.15, 0.2) is 6.20 Å². The Morgan fingerprint density at radius 1 is 1.41 bits per heavy atom. The molecule has 3 rings (SSSR count). The first-order valence-corrected chi connectivity index (χ1v) is 9.85. The van der Waals surface area contributed by atoms with E-state index in [1.165, 1.54) is 0 Å². The lowest BCUT2D eigenvalue weighted by Gasteiger charge is -2.39. The monoisotopic (exact) mass is 392 g/mol. The van der Waals surface area contributed by atoms with E-state index in [0.717, 1.165) is 10.8 Å². The predicted octanol–water partition coefficient (Wildman–Crippen LogP) is 1.17. The van der Waals surface area contributed by atoms with E-state index in [-0.39, 0.29) is 11.5 Å². The lowest BCUT2D eigenvalue weighted by molar-refractivity contribution is -0.113. The number of hydrogen-bond donors (Lipinski definition) is 4. The van der Waals surface area contributed by atoms with Gasteiger partial charge in [0.25, 0.3) is 0 Å². The standard InChI is InChI=1S/C14H18BrFN2O3S/c15-10-5-8-9(7-1-3-22(20,21)4-2-7)6-18-13(8)11(12(10)16)14(17)19/h5-7,10,12,18,20-21H,1-4H2,(H2,17,19). The van der Waals surface area contributed by atoms with Crippen LogP contribution in [0.5, 0.6) is 0 Å². The highest BCUT2D eigenvalue weighted by atomic mass is 79.9. The number of aromatic amines is 1. The van der Waals surface area contributed by atoms with Gasteiger partial charge in [0.2, 0.25) is 5.91 Å². The predicted molar refractivity (Wildman–Crippen MR) is 89.3 cm³/mol. The third-order valence-corrected chi connectivity index (χ3v) is 6.90. The van der Waals surface area contributed by atoms with Gasteiger partial charge in [-0.25, -0.2) is 4.39 Å². The van der Waals surface area contributed by atoms with Crippen molar-refractivity contribution in [3.05, 3.63) is 22.3 Å². The van der Waals surface area contributed by atoms with Crippen molar-refractivity contribution in [2.75, 3.05) is 11.5 Å². The Morgan fingerprint density at radius 3 is 2.64 bits per heavy atom. The van der Waals surface area contributed by atoms with Crippen LogP contribution < -0.4 is 16.3 Å². The number of halogens is 2. The molecular formula is C14H18BrFN2O3S. The van der Waals surface area contributed by atoms with Crippen LogP contribution >= 0.6 is 26.5 Å². The SMILES string of the molecule is NC(=O)C1=c2[nH]cc(C3CCS(O)(O)CC3)c2=CC(Br)C1F. The van der Waals surface area contributed by atoms with Crippen LogP contribution in [-0.2, 0) is 4.79 Å². The van der Waals surface area contributed by atoms with E-state index in [4.69, 9.17) is 5.73 Å². The van der Waals surface area contributed by atoms with Gasteiger partial charge in [-0.1, -0.05) is 22.0 Å². The summed E-state index contributed by atoms with van der Waals surface area (Å²) in [6, 6.07) is 0. The van der Waals surface area contributed by atoms with Gasteiger partial charge in [0.1, 0.15) is 6.17 Å². The van der Waals surface area contributed by atoms with Crippen molar-refractivity contribution >= 4 is 44.1 Å². The van der Waals surface area contributed by atoms with Crippen molar-refractivity contribution in [2.24, 2.45) is 5.73 Å². The third kappa shape index (κ3) is 2.73. The molecule has 5 N–H and O–H groups in total. The minimum absolute atomic E-state index is 0.0364. The van der Waals surface area contributed by atoms with Crippen molar-refractivity contribution in [1.29, 1.82) is 0 Å². The Kier molecular flexibility index (Phi) is 4.13. The average Bonchev–Trinajstić information content (AvgIpc) is 2.82. The van der Waals surface area contributed by atoms with Gasteiger partial charge in [-0.15, -0.1) is 0 Å². The molecule has 1 aliphatic heterocycles. The molecule has 0 spiro atoms. The molecule has 2 atom stereocenters. The maximum atomic E-state index is 14.2. The van der Waals surface area contributed by atoms with Crippen LogP contribution in [0.25, 0.3) is 11.6 Å². The second kappa shape index (κ2) is 5.67. The average molecular weight is 393 g/mol. The zero-order valence-corrected chi connectivity index (χ0v) is 14.2. The molecule has 1 aromatic rings. The number of hydrogen-bond acceptors (Lipinski definition) is 3. The van der Waals surface area contributed by atoms with Gasteiger partial charge >= 0.3 is 0 Å². The molecule has 22 heavy (non-hydrogen) atoms. The van der Waals surface area contributed by atoms with E-state index in [9.17, 15) is 18.3 Å². The molecule has 1 aromatic heterocycles. The summed E-state index contributed by atoms with van der Waals surface area (Å²) in [4.78, 5) is 14.0. The minimum atomic E-state index is -2.44. The molecule has 2 aliphatic rings. The van der Waals surface area contributed by atoms with Gasteiger partial charge in [0.15, 0.2) is 0 Å². The largest absolute Gasteiger partial charge is 0.366 e. The van der Waals surface area contributed by atoms with E-state index in [1.54, 1.807) is 12.3 Å². The Balaban J connectivity index is 2.06. The fraction of sp³-hybridized carbons (Fsp3) is 0.500. The molecule has 2 unspecified atom stereocenters. The minimum Gasteiger partial charge on any atom is -0.366 e. The number of amides is 1. The van der Waals surface area contributed by atoms with Crippen LogP contribution in [0.2, 0.25) is 0 Å². The van der Waals surface area contributed by atoms with Crippen molar-refractivity contribution in [3.8, 4) is 0 Å². The van der Waals surface area contributed by atoms with Crippen LogP contribution in [0.3, 0.4) is 0 Å². The van der Waals surface area contributed by atoms with Gasteiger partial charge in [-0.3, -0.25) is 13.9 Å². The number of carbonyl (C=O) groups is 1. The first-order valence-electron chi connectivity index (χ1n) is 7.05. The van der Waals surface area contributed by atoms with Crippen molar-refractivity contribution < 1.29 is 18.3 Å². The van der Waals surface area contributed by atoms with Gasteiger partial charge in [0.05, 0.1) is 15.7 Å². The highest BCUT2D eigenvalue weighted by Crippen LogP contribution is 2.47. The lowest BCUT2D eigenvalue weighted by Crippen LogP contribution is -2.43. The summed E-state index contributed by atoms with van der Waals surface area (Å²) in [5.74, 6) is 0.166. The number of primary amides is 1. The number of H-pyrrole nitrogens is 1. The molecule has 1 aliphatic carbocycles. The van der Waals surface area contributed by atoms with Crippen molar-refractivity contribution in [2.45, 2.75) is 29.8 Å². The van der Waals surface area contributed by atoms with E-state index in [0.29, 0.717) is 29.7 Å². The van der Waals surface area contributed by atoms with Crippen LogP contribution in [0, 0.1) is 0 Å². The van der Waals surface area contributed by atoms with E-state index < -0.39 is 27.5 Å². The molecule has 0 aromatic carbocycles. The first kappa shape index (κ1) is 16.0. The third-order valence-electron chi connectivity index (χ3n) is 4.39. The Hall–Kier alpha value is -0.830. The summed E-state index contributed by atoms with van der Waals surface area (Å²) in [5, 5.41) is 1.25. The zero-order valence-electron chi connectivity index (χ0n) is 11.8. The fourth-order valence-electron chi connectivity index (χ4n) is 3.21. The second-order valence-corrected chi connectivity index (χ2v) is 9.29. The van der Waals surface area contributed by atoms with Crippen LogP contribution in [-0.4, -0.2) is 42.5 Å². The molecule has 8 heteroatoms. The number of nitrogens with two attached hydrogens (primary N) is 1. The summed E-state index contributed by atoms with van der Waals surface area (Å²) >= 11 is 3.24. The van der Waals surface area contributed by atoms with Crippen molar-refractivity contribution in [1.82, 2.24) is 4.98 Å². The highest BCUT2D eigenvalue weighted by molar-refractivity contribution is 9.09. The lowest BCUT2D eigenvalue weighted by atomic mass is 9.91. The van der Waals surface area contributed by atoms with E-state index >= 15 is 0 Å². The molecule has 0 radical (unpaired) electrons. The van der Waals surface area contributed by atoms with Gasteiger partial charge in [-0.05, 0) is 24.3 Å². The van der Waals surface area contributed by atoms with Gasteiger partial charge in [-0.2, -0.15) is 10.6 Å². The fourth-order valence-corrected chi connectivity index (χ4v) is 5.27. The summed E-state index contributed by atoms with van der Waals surface area (Å²) in [6.45, 7) is 0. The number of carbonyl (C=O) groups excluding carboxylic acids is 1. The Bertz CT molecular complexity index is 723. The van der Waals surface area contributed by atoms with Crippen LogP contribution in [0.4, 0.5) is 4.39 Å². The van der Waals surface area contributed by atoms with Crippen molar-refractivity contribution in [3.63, 3.8) is 0 Å². The quantitative estimate of drug-likeness (QED) is 0.568. The number of nitrogens with one attached hydrogen (secondary N) is 1. The number of aromatic nitrogens is 1. The molecule has 122 valence electrons. The van der Waals surface area contributed by atoms with Crippen LogP contribution in [0.1, 0.15) is 24.3 Å². The second-order valence-electron chi connectivity index (χ2n) is 5.81. The normalized spacial score (nSPS) is 29.5. The van der Waals surface area contributed by atoms with Gasteiger partial charge < -0.3 is 10.7 Å². The smallest absolute Gasteiger partial charge is 0.249 e.